The number of hydrogen-bond acceptors (Lipinski definition) is 3. The third-order valence-electron chi connectivity index (χ3n) is 4.19. The number of rotatable bonds is 13. The summed E-state index contributed by atoms with van der Waals surface area (Å²) in [5, 5.41) is 6.11. The molecule has 1 aromatic carbocycles. The van der Waals surface area contributed by atoms with Gasteiger partial charge in [0.05, 0.1) is 0 Å². The first-order valence-electron chi connectivity index (χ1n) is 9.19. The Morgan fingerprint density at radius 2 is 1.21 bits per heavy atom. The summed E-state index contributed by atoms with van der Waals surface area (Å²) in [5.41, 5.74) is 1.25. The second-order valence-electron chi connectivity index (χ2n) is 6.32. The first-order valence-corrected chi connectivity index (χ1v) is 9.19. The van der Waals surface area contributed by atoms with E-state index >= 15 is 0 Å². The molecule has 134 valence electrons. The molecule has 0 aliphatic carbocycles. The number of amides is 1. The molecule has 0 aliphatic rings. The first-order chi connectivity index (χ1) is 11.6. The minimum atomic E-state index is -0.0605. The molecule has 0 saturated carbocycles. The third kappa shape index (κ3) is 8.82. The summed E-state index contributed by atoms with van der Waals surface area (Å²) in [6.07, 6.45) is 9.97. The smallest absolute Gasteiger partial charge is 0.251 e. The summed E-state index contributed by atoms with van der Waals surface area (Å²) >= 11 is 0. The van der Waals surface area contributed by atoms with E-state index in [1.54, 1.807) is 24.3 Å². The van der Waals surface area contributed by atoms with Gasteiger partial charge in [0.15, 0.2) is 5.78 Å². The SMILES string of the molecule is CNCCCCCCCCCCNC(=O)c1ccc(C(C)=O)cc1. The molecule has 1 rings (SSSR count). The minimum Gasteiger partial charge on any atom is -0.352 e. The van der Waals surface area contributed by atoms with Crippen LogP contribution in [0.1, 0.15) is 79.0 Å². The average molecular weight is 332 g/mol. The van der Waals surface area contributed by atoms with Gasteiger partial charge in [-0.05, 0) is 45.5 Å². The topological polar surface area (TPSA) is 58.2 Å². The van der Waals surface area contributed by atoms with Crippen LogP contribution in [0.3, 0.4) is 0 Å². The highest BCUT2D eigenvalue weighted by Gasteiger charge is 2.05. The molecule has 0 aromatic heterocycles. The van der Waals surface area contributed by atoms with Crippen LogP contribution in [0.25, 0.3) is 0 Å². The number of unbranched alkanes of at least 4 members (excludes halogenated alkanes) is 7. The van der Waals surface area contributed by atoms with Gasteiger partial charge in [-0.1, -0.05) is 50.7 Å². The van der Waals surface area contributed by atoms with Crippen LogP contribution in [0.2, 0.25) is 0 Å². The van der Waals surface area contributed by atoms with E-state index in [0.29, 0.717) is 11.1 Å². The highest BCUT2D eigenvalue weighted by atomic mass is 16.1. The van der Waals surface area contributed by atoms with Crippen molar-refractivity contribution in [2.75, 3.05) is 20.1 Å². The molecule has 1 aromatic rings. The number of carbonyl (C=O) groups excluding carboxylic acids is 2. The number of hydrogen-bond donors (Lipinski definition) is 2. The van der Waals surface area contributed by atoms with Gasteiger partial charge in [-0.25, -0.2) is 0 Å². The van der Waals surface area contributed by atoms with Gasteiger partial charge in [0, 0.05) is 17.7 Å². The van der Waals surface area contributed by atoms with Crippen molar-refractivity contribution in [2.45, 2.75) is 58.3 Å². The fourth-order valence-corrected chi connectivity index (χ4v) is 2.65. The summed E-state index contributed by atoms with van der Waals surface area (Å²) < 4.78 is 0. The standard InChI is InChI=1S/C20H32N2O2/c1-17(23)18-11-13-19(14-12-18)20(24)22-16-10-8-6-4-3-5-7-9-15-21-2/h11-14,21H,3-10,15-16H2,1-2H3,(H,22,24). The molecule has 4 nitrogen and oxygen atoms in total. The molecule has 2 N–H and O–H groups in total. The van der Waals surface area contributed by atoms with Gasteiger partial charge in [0.25, 0.3) is 5.91 Å². The summed E-state index contributed by atoms with van der Waals surface area (Å²) in [6, 6.07) is 6.82. The summed E-state index contributed by atoms with van der Waals surface area (Å²) in [6.45, 7) is 3.37. The van der Waals surface area contributed by atoms with E-state index in [0.717, 1.165) is 19.5 Å². The fourth-order valence-electron chi connectivity index (χ4n) is 2.65. The van der Waals surface area contributed by atoms with Gasteiger partial charge in [-0.15, -0.1) is 0 Å². The van der Waals surface area contributed by atoms with Crippen LogP contribution in [-0.4, -0.2) is 31.8 Å². The van der Waals surface area contributed by atoms with Crippen LogP contribution < -0.4 is 10.6 Å². The van der Waals surface area contributed by atoms with Gasteiger partial charge >= 0.3 is 0 Å². The number of Topliss-reactive ketones (excluding diaryl/α,β-unsaturated/α-hetero) is 1. The van der Waals surface area contributed by atoms with E-state index < -0.39 is 0 Å². The van der Waals surface area contributed by atoms with Crippen molar-refractivity contribution < 1.29 is 9.59 Å². The second-order valence-corrected chi connectivity index (χ2v) is 6.32. The van der Waals surface area contributed by atoms with E-state index in [2.05, 4.69) is 10.6 Å². The molecule has 1 amide bonds. The Labute approximate surface area is 146 Å². The Kier molecular flexibility index (Phi) is 10.8. The zero-order valence-electron chi connectivity index (χ0n) is 15.2. The largest absolute Gasteiger partial charge is 0.352 e. The Balaban J connectivity index is 2.02. The monoisotopic (exact) mass is 332 g/mol. The predicted molar refractivity (Wildman–Crippen MR) is 99.6 cm³/mol. The molecule has 0 aliphatic heterocycles. The highest BCUT2D eigenvalue weighted by Crippen LogP contribution is 2.08. The molecule has 4 heteroatoms. The summed E-state index contributed by atoms with van der Waals surface area (Å²) in [4.78, 5) is 23.2. The quantitative estimate of drug-likeness (QED) is 0.425. The van der Waals surface area contributed by atoms with Crippen molar-refractivity contribution in [1.29, 1.82) is 0 Å². The molecule has 0 saturated heterocycles. The van der Waals surface area contributed by atoms with Gasteiger partial charge in [0.2, 0.25) is 0 Å². The number of carbonyl (C=O) groups is 2. The lowest BCUT2D eigenvalue weighted by Gasteiger charge is -2.06. The highest BCUT2D eigenvalue weighted by molar-refractivity contribution is 5.97. The lowest BCUT2D eigenvalue weighted by atomic mass is 10.1. The summed E-state index contributed by atoms with van der Waals surface area (Å²) in [5.74, 6) is -0.0429. The van der Waals surface area contributed by atoms with Crippen LogP contribution in [-0.2, 0) is 0 Å². The molecule has 0 bridgehead atoms. The van der Waals surface area contributed by atoms with E-state index in [9.17, 15) is 9.59 Å². The zero-order chi connectivity index (χ0) is 17.6. The second kappa shape index (κ2) is 12.7. The Morgan fingerprint density at radius 3 is 1.71 bits per heavy atom. The van der Waals surface area contributed by atoms with Gasteiger partial charge < -0.3 is 10.6 Å². The lowest BCUT2D eigenvalue weighted by Crippen LogP contribution is -2.24. The molecular formula is C20H32N2O2. The predicted octanol–water partition coefficient (Wildman–Crippen LogP) is 3.96. The average Bonchev–Trinajstić information content (AvgIpc) is 2.59. The van der Waals surface area contributed by atoms with Crippen LogP contribution in [0.4, 0.5) is 0 Å². The third-order valence-corrected chi connectivity index (χ3v) is 4.19. The fraction of sp³-hybridized carbons (Fsp3) is 0.600. The number of benzene rings is 1. The van der Waals surface area contributed by atoms with Crippen LogP contribution in [0.15, 0.2) is 24.3 Å². The zero-order valence-corrected chi connectivity index (χ0v) is 15.2. The Morgan fingerprint density at radius 1 is 0.750 bits per heavy atom. The van der Waals surface area contributed by atoms with E-state index in [1.165, 1.54) is 51.9 Å². The van der Waals surface area contributed by atoms with Crippen molar-refractivity contribution in [3.05, 3.63) is 35.4 Å². The van der Waals surface area contributed by atoms with Crippen molar-refractivity contribution >= 4 is 11.7 Å². The van der Waals surface area contributed by atoms with Crippen molar-refractivity contribution in [3.8, 4) is 0 Å². The molecule has 0 unspecified atom stereocenters. The lowest BCUT2D eigenvalue weighted by molar-refractivity contribution is 0.0950. The molecule has 0 heterocycles. The van der Waals surface area contributed by atoms with Gasteiger partial charge in [-0.2, -0.15) is 0 Å². The Bertz CT molecular complexity index is 483. The molecule has 0 spiro atoms. The Hall–Kier alpha value is -1.68. The molecular weight excluding hydrogens is 300 g/mol. The summed E-state index contributed by atoms with van der Waals surface area (Å²) in [7, 11) is 2.00. The van der Waals surface area contributed by atoms with Gasteiger partial charge in [-0.3, -0.25) is 9.59 Å². The van der Waals surface area contributed by atoms with Crippen LogP contribution in [0, 0.1) is 0 Å². The maximum absolute atomic E-state index is 12.0. The first kappa shape index (κ1) is 20.4. The maximum atomic E-state index is 12.0. The van der Waals surface area contributed by atoms with Crippen LogP contribution >= 0.6 is 0 Å². The maximum Gasteiger partial charge on any atom is 0.251 e. The van der Waals surface area contributed by atoms with Crippen molar-refractivity contribution in [3.63, 3.8) is 0 Å². The molecule has 0 fully saturated rings. The molecule has 0 atom stereocenters. The normalized spacial score (nSPS) is 10.6. The minimum absolute atomic E-state index is 0.0176. The van der Waals surface area contributed by atoms with E-state index in [1.807, 2.05) is 7.05 Å². The van der Waals surface area contributed by atoms with Gasteiger partial charge in [0.1, 0.15) is 0 Å². The van der Waals surface area contributed by atoms with E-state index in [4.69, 9.17) is 0 Å². The van der Waals surface area contributed by atoms with Crippen molar-refractivity contribution in [2.24, 2.45) is 0 Å². The van der Waals surface area contributed by atoms with E-state index in [-0.39, 0.29) is 11.7 Å². The molecule has 0 radical (unpaired) electrons. The van der Waals surface area contributed by atoms with Crippen molar-refractivity contribution in [1.82, 2.24) is 10.6 Å². The van der Waals surface area contributed by atoms with Crippen LogP contribution in [0.5, 0.6) is 0 Å². The molecule has 24 heavy (non-hydrogen) atoms. The number of ketones is 1. The number of nitrogens with one attached hydrogen (secondary N) is 2.